The maximum atomic E-state index is 11.4. The lowest BCUT2D eigenvalue weighted by atomic mass is 10.2. The van der Waals surface area contributed by atoms with Gasteiger partial charge in [0.2, 0.25) is 0 Å². The van der Waals surface area contributed by atoms with Crippen molar-refractivity contribution in [3.63, 3.8) is 0 Å². The molecule has 24 heavy (non-hydrogen) atoms. The normalized spacial score (nSPS) is 14.2. The molecule has 0 amide bonds. The summed E-state index contributed by atoms with van der Waals surface area (Å²) in [7, 11) is 1.38. The van der Waals surface area contributed by atoms with E-state index in [1.165, 1.54) is 30.2 Å². The van der Waals surface area contributed by atoms with E-state index in [0.29, 0.717) is 11.7 Å². The SMILES string of the molecule is COC(=O)CSc1nnc(-c2sc3ncccc3c2N)n1C1CC1. The number of ether oxygens (including phenoxy) is 1. The zero-order chi connectivity index (χ0) is 16.7. The standard InChI is InChI=1S/C15H15N5O2S2/c1-22-10(21)7-23-15-19-18-13(20(15)8-4-5-8)12-11(16)9-3-2-6-17-14(9)24-12/h2-3,6,8H,4-5,7,16H2,1H3. The molecule has 0 spiro atoms. The van der Waals surface area contributed by atoms with Gasteiger partial charge >= 0.3 is 5.97 Å². The Balaban J connectivity index is 1.76. The number of hydrogen-bond donors (Lipinski definition) is 1. The molecule has 0 aliphatic heterocycles. The molecule has 3 aromatic rings. The number of thiophene rings is 1. The molecular formula is C15H15N5O2S2. The van der Waals surface area contributed by atoms with Crippen LogP contribution in [-0.2, 0) is 9.53 Å². The van der Waals surface area contributed by atoms with E-state index in [1.54, 1.807) is 6.20 Å². The number of pyridine rings is 1. The number of nitrogens with two attached hydrogens (primary N) is 1. The minimum absolute atomic E-state index is 0.213. The van der Waals surface area contributed by atoms with Gasteiger partial charge in [-0.1, -0.05) is 11.8 Å². The zero-order valence-electron chi connectivity index (χ0n) is 12.9. The molecule has 1 saturated carbocycles. The average Bonchev–Trinajstić information content (AvgIpc) is 3.28. The molecule has 0 bridgehead atoms. The fraction of sp³-hybridized carbons (Fsp3) is 0.333. The summed E-state index contributed by atoms with van der Waals surface area (Å²) in [6.07, 6.45) is 3.92. The second kappa shape index (κ2) is 6.06. The van der Waals surface area contributed by atoms with Crippen molar-refractivity contribution in [2.75, 3.05) is 18.6 Å². The molecule has 7 nitrogen and oxygen atoms in total. The van der Waals surface area contributed by atoms with E-state index in [9.17, 15) is 4.79 Å². The van der Waals surface area contributed by atoms with Crippen LogP contribution in [0.5, 0.6) is 0 Å². The van der Waals surface area contributed by atoms with Gasteiger partial charge in [-0.25, -0.2) is 4.98 Å². The minimum Gasteiger partial charge on any atom is -0.468 e. The van der Waals surface area contributed by atoms with Crippen LogP contribution in [0.3, 0.4) is 0 Å². The number of esters is 1. The van der Waals surface area contributed by atoms with E-state index in [-0.39, 0.29) is 11.7 Å². The molecule has 2 N–H and O–H groups in total. The van der Waals surface area contributed by atoms with Crippen molar-refractivity contribution < 1.29 is 9.53 Å². The third-order valence-electron chi connectivity index (χ3n) is 3.83. The van der Waals surface area contributed by atoms with E-state index < -0.39 is 0 Å². The van der Waals surface area contributed by atoms with Gasteiger partial charge in [-0.2, -0.15) is 0 Å². The summed E-state index contributed by atoms with van der Waals surface area (Å²) in [5.74, 6) is 0.688. The number of rotatable bonds is 5. The molecule has 1 fully saturated rings. The van der Waals surface area contributed by atoms with E-state index >= 15 is 0 Å². The number of nitrogens with zero attached hydrogens (tertiary/aromatic N) is 4. The number of carbonyl (C=O) groups is 1. The van der Waals surface area contributed by atoms with Crippen molar-refractivity contribution >= 4 is 45.0 Å². The molecule has 0 saturated heterocycles. The Morgan fingerprint density at radius 1 is 1.50 bits per heavy atom. The largest absolute Gasteiger partial charge is 0.468 e. The first-order valence-corrected chi connectivity index (χ1v) is 9.27. The Morgan fingerprint density at radius 3 is 3.04 bits per heavy atom. The Hall–Kier alpha value is -2.13. The Kier molecular flexibility index (Phi) is 3.89. The maximum Gasteiger partial charge on any atom is 0.316 e. The number of fused-ring (bicyclic) bond motifs is 1. The number of thioether (sulfide) groups is 1. The molecular weight excluding hydrogens is 346 g/mol. The van der Waals surface area contributed by atoms with Crippen LogP contribution in [-0.4, -0.2) is 38.6 Å². The molecule has 3 heterocycles. The summed E-state index contributed by atoms with van der Waals surface area (Å²) in [6.45, 7) is 0. The maximum absolute atomic E-state index is 11.4. The summed E-state index contributed by atoms with van der Waals surface area (Å²) >= 11 is 2.86. The van der Waals surface area contributed by atoms with Crippen LogP contribution in [0.2, 0.25) is 0 Å². The molecule has 1 aliphatic carbocycles. The van der Waals surface area contributed by atoms with Crippen molar-refractivity contribution in [3.05, 3.63) is 18.3 Å². The van der Waals surface area contributed by atoms with E-state index in [1.807, 2.05) is 12.1 Å². The molecule has 9 heteroatoms. The quantitative estimate of drug-likeness (QED) is 0.551. The number of aromatic nitrogens is 4. The van der Waals surface area contributed by atoms with Gasteiger partial charge in [0.25, 0.3) is 0 Å². The Labute approximate surface area is 146 Å². The van der Waals surface area contributed by atoms with Gasteiger partial charge in [0.1, 0.15) is 4.83 Å². The smallest absolute Gasteiger partial charge is 0.316 e. The molecule has 0 atom stereocenters. The minimum atomic E-state index is -0.280. The molecule has 1 aliphatic rings. The van der Waals surface area contributed by atoms with Crippen LogP contribution in [0.4, 0.5) is 5.69 Å². The van der Waals surface area contributed by atoms with Gasteiger partial charge in [-0.15, -0.1) is 21.5 Å². The van der Waals surface area contributed by atoms with Crippen molar-refractivity contribution in [1.82, 2.24) is 19.7 Å². The predicted octanol–water partition coefficient (Wildman–Crippen LogP) is 2.74. The summed E-state index contributed by atoms with van der Waals surface area (Å²) in [4.78, 5) is 17.5. The number of methoxy groups -OCH3 is 1. The average molecular weight is 361 g/mol. The topological polar surface area (TPSA) is 95.9 Å². The lowest BCUT2D eigenvalue weighted by Crippen LogP contribution is -2.05. The highest BCUT2D eigenvalue weighted by molar-refractivity contribution is 7.99. The van der Waals surface area contributed by atoms with Crippen molar-refractivity contribution in [2.45, 2.75) is 24.0 Å². The first-order valence-electron chi connectivity index (χ1n) is 7.47. The predicted molar refractivity (Wildman–Crippen MR) is 94.1 cm³/mol. The van der Waals surface area contributed by atoms with Gasteiger partial charge in [0.15, 0.2) is 11.0 Å². The summed E-state index contributed by atoms with van der Waals surface area (Å²) in [5.41, 5.74) is 7.00. The second-order valence-corrected chi connectivity index (χ2v) is 7.41. The number of anilines is 1. The first-order chi connectivity index (χ1) is 11.7. The Bertz CT molecular complexity index is 916. The van der Waals surface area contributed by atoms with Crippen LogP contribution in [0.1, 0.15) is 18.9 Å². The highest BCUT2D eigenvalue weighted by Crippen LogP contribution is 2.45. The van der Waals surface area contributed by atoms with Crippen LogP contribution >= 0.6 is 23.1 Å². The number of nitrogen functional groups attached to an aromatic ring is 1. The van der Waals surface area contributed by atoms with Crippen molar-refractivity contribution in [2.24, 2.45) is 0 Å². The summed E-state index contributed by atoms with van der Waals surface area (Å²) in [5, 5.41) is 10.3. The lowest BCUT2D eigenvalue weighted by molar-refractivity contribution is -0.137. The molecule has 0 radical (unpaired) electrons. The van der Waals surface area contributed by atoms with E-state index in [0.717, 1.165) is 38.9 Å². The molecule has 0 unspecified atom stereocenters. The van der Waals surface area contributed by atoms with E-state index in [4.69, 9.17) is 10.5 Å². The number of hydrogen-bond acceptors (Lipinski definition) is 8. The van der Waals surface area contributed by atoms with Crippen LogP contribution in [0.25, 0.3) is 20.9 Å². The fourth-order valence-corrected chi connectivity index (χ4v) is 4.37. The van der Waals surface area contributed by atoms with Gasteiger partial charge in [0.05, 0.1) is 23.4 Å². The fourth-order valence-electron chi connectivity index (χ4n) is 2.49. The van der Waals surface area contributed by atoms with Crippen LogP contribution in [0.15, 0.2) is 23.5 Å². The molecule has 4 rings (SSSR count). The molecule has 124 valence electrons. The lowest BCUT2D eigenvalue weighted by Gasteiger charge is -2.07. The highest BCUT2D eigenvalue weighted by atomic mass is 32.2. The monoisotopic (exact) mass is 361 g/mol. The third-order valence-corrected chi connectivity index (χ3v) is 5.87. The summed E-state index contributed by atoms with van der Waals surface area (Å²) < 4.78 is 6.79. The van der Waals surface area contributed by atoms with Gasteiger partial charge in [-0.05, 0) is 25.0 Å². The summed E-state index contributed by atoms with van der Waals surface area (Å²) in [6, 6.07) is 4.20. The van der Waals surface area contributed by atoms with Gasteiger partial charge < -0.3 is 10.5 Å². The van der Waals surface area contributed by atoms with E-state index in [2.05, 4.69) is 19.7 Å². The Morgan fingerprint density at radius 2 is 2.33 bits per heavy atom. The van der Waals surface area contributed by atoms with Crippen LogP contribution < -0.4 is 5.73 Å². The van der Waals surface area contributed by atoms with Gasteiger partial charge in [0, 0.05) is 17.6 Å². The number of carbonyl (C=O) groups excluding carboxylic acids is 1. The zero-order valence-corrected chi connectivity index (χ0v) is 14.6. The third kappa shape index (κ3) is 2.63. The molecule has 0 aromatic carbocycles. The first kappa shape index (κ1) is 15.4. The van der Waals surface area contributed by atoms with Crippen LogP contribution in [0, 0.1) is 0 Å². The molecule has 3 aromatic heterocycles. The highest BCUT2D eigenvalue weighted by Gasteiger charge is 2.32. The van der Waals surface area contributed by atoms with Gasteiger partial charge in [-0.3, -0.25) is 9.36 Å². The van der Waals surface area contributed by atoms with Crippen molar-refractivity contribution in [3.8, 4) is 10.7 Å². The van der Waals surface area contributed by atoms with Crippen molar-refractivity contribution in [1.29, 1.82) is 0 Å². The second-order valence-electron chi connectivity index (χ2n) is 5.47.